The van der Waals surface area contributed by atoms with Crippen LogP contribution in [0.25, 0.3) is 0 Å². The molecule has 1 aliphatic heterocycles. The molecule has 1 aromatic carbocycles. The van der Waals surface area contributed by atoms with Gasteiger partial charge in [0.2, 0.25) is 11.8 Å². The predicted molar refractivity (Wildman–Crippen MR) is 82.6 cm³/mol. The molecule has 0 radical (unpaired) electrons. The molecule has 0 saturated carbocycles. The highest BCUT2D eigenvalue weighted by molar-refractivity contribution is 9.10. The zero-order chi connectivity index (χ0) is 15.7. The Bertz CT molecular complexity index is 589. The second-order valence-corrected chi connectivity index (χ2v) is 6.58. The molecule has 4 nitrogen and oxygen atoms in total. The standard InChI is InChI=1S/C15H18BrFN2O2/c1-8(2)4-12-15(21)19(7-14(20)18-12)13-6-11(17)10(16)5-9(13)3/h5-6,8,12H,4,7H2,1-3H3,(H,18,20). The van der Waals surface area contributed by atoms with Crippen molar-refractivity contribution < 1.29 is 14.0 Å². The van der Waals surface area contributed by atoms with Gasteiger partial charge in [-0.05, 0) is 52.9 Å². The largest absolute Gasteiger partial charge is 0.343 e. The maximum absolute atomic E-state index is 13.8. The van der Waals surface area contributed by atoms with Crippen molar-refractivity contribution in [2.45, 2.75) is 33.2 Å². The van der Waals surface area contributed by atoms with Gasteiger partial charge in [0.25, 0.3) is 0 Å². The van der Waals surface area contributed by atoms with Crippen molar-refractivity contribution in [3.63, 3.8) is 0 Å². The Kier molecular flexibility index (Phi) is 4.66. The number of aryl methyl sites for hydroxylation is 1. The monoisotopic (exact) mass is 356 g/mol. The minimum absolute atomic E-state index is 0.0741. The van der Waals surface area contributed by atoms with Gasteiger partial charge in [-0.3, -0.25) is 9.59 Å². The van der Waals surface area contributed by atoms with Crippen LogP contribution in [0.15, 0.2) is 16.6 Å². The van der Waals surface area contributed by atoms with Crippen molar-refractivity contribution in [1.29, 1.82) is 0 Å². The quantitative estimate of drug-likeness (QED) is 0.905. The van der Waals surface area contributed by atoms with E-state index in [0.29, 0.717) is 16.6 Å². The summed E-state index contributed by atoms with van der Waals surface area (Å²) in [5, 5.41) is 2.71. The molecule has 0 spiro atoms. The minimum atomic E-state index is -0.544. The third-order valence-electron chi connectivity index (χ3n) is 3.44. The van der Waals surface area contributed by atoms with E-state index >= 15 is 0 Å². The average molecular weight is 357 g/mol. The zero-order valence-corrected chi connectivity index (χ0v) is 13.8. The molecule has 1 atom stereocenters. The normalized spacial score (nSPS) is 19.1. The summed E-state index contributed by atoms with van der Waals surface area (Å²) in [6, 6.07) is 2.36. The molecule has 1 saturated heterocycles. The molecule has 1 heterocycles. The van der Waals surface area contributed by atoms with Crippen LogP contribution in [0, 0.1) is 18.7 Å². The molecule has 114 valence electrons. The summed E-state index contributed by atoms with van der Waals surface area (Å²) in [7, 11) is 0. The van der Waals surface area contributed by atoms with E-state index in [0.717, 1.165) is 5.56 Å². The molecule has 1 unspecified atom stereocenters. The van der Waals surface area contributed by atoms with Crippen LogP contribution >= 0.6 is 15.9 Å². The smallest absolute Gasteiger partial charge is 0.250 e. The van der Waals surface area contributed by atoms with Gasteiger partial charge < -0.3 is 10.2 Å². The molecule has 2 rings (SSSR count). The van der Waals surface area contributed by atoms with Crippen molar-refractivity contribution in [1.82, 2.24) is 5.32 Å². The van der Waals surface area contributed by atoms with Crippen LogP contribution < -0.4 is 10.2 Å². The van der Waals surface area contributed by atoms with E-state index in [2.05, 4.69) is 21.2 Å². The Morgan fingerprint density at radius 2 is 2.10 bits per heavy atom. The fourth-order valence-corrected chi connectivity index (χ4v) is 2.93. The Hall–Kier alpha value is -1.43. The predicted octanol–water partition coefficient (Wildman–Crippen LogP) is 2.77. The lowest BCUT2D eigenvalue weighted by Crippen LogP contribution is -2.58. The van der Waals surface area contributed by atoms with E-state index in [4.69, 9.17) is 0 Å². The number of hydrogen-bond acceptors (Lipinski definition) is 2. The SMILES string of the molecule is Cc1cc(Br)c(F)cc1N1CC(=O)NC(CC(C)C)C1=O. The number of amides is 2. The third kappa shape index (κ3) is 3.43. The number of benzene rings is 1. The van der Waals surface area contributed by atoms with Gasteiger partial charge in [0.1, 0.15) is 18.4 Å². The van der Waals surface area contributed by atoms with Gasteiger partial charge in [-0.15, -0.1) is 0 Å². The number of rotatable bonds is 3. The minimum Gasteiger partial charge on any atom is -0.343 e. The highest BCUT2D eigenvalue weighted by Crippen LogP contribution is 2.28. The summed E-state index contributed by atoms with van der Waals surface area (Å²) in [6.07, 6.45) is 0.569. The van der Waals surface area contributed by atoms with E-state index in [1.165, 1.54) is 11.0 Å². The van der Waals surface area contributed by atoms with Crippen LogP contribution in [0.4, 0.5) is 10.1 Å². The van der Waals surface area contributed by atoms with E-state index in [1.807, 2.05) is 13.8 Å². The molecule has 21 heavy (non-hydrogen) atoms. The number of carbonyl (C=O) groups is 2. The number of carbonyl (C=O) groups excluding carboxylic acids is 2. The van der Waals surface area contributed by atoms with Gasteiger partial charge in [0.05, 0.1) is 10.2 Å². The maximum atomic E-state index is 13.8. The molecule has 0 bridgehead atoms. The first-order valence-electron chi connectivity index (χ1n) is 6.86. The summed E-state index contributed by atoms with van der Waals surface area (Å²) in [5.41, 5.74) is 1.19. The fraction of sp³-hybridized carbons (Fsp3) is 0.467. The number of anilines is 1. The Morgan fingerprint density at radius 3 is 2.71 bits per heavy atom. The van der Waals surface area contributed by atoms with Crippen molar-refractivity contribution in [3.05, 3.63) is 28.0 Å². The molecule has 1 aliphatic rings. The summed E-state index contributed by atoms with van der Waals surface area (Å²) in [5.74, 6) is -0.576. The van der Waals surface area contributed by atoms with E-state index in [-0.39, 0.29) is 24.3 Å². The Labute approximate surface area is 131 Å². The lowest BCUT2D eigenvalue weighted by atomic mass is 10.00. The molecule has 0 aliphatic carbocycles. The lowest BCUT2D eigenvalue weighted by molar-refractivity contribution is -0.131. The number of piperazine rings is 1. The zero-order valence-electron chi connectivity index (χ0n) is 12.2. The van der Waals surface area contributed by atoms with E-state index in [1.54, 1.807) is 13.0 Å². The molecule has 6 heteroatoms. The van der Waals surface area contributed by atoms with Crippen LogP contribution in [0.5, 0.6) is 0 Å². The van der Waals surface area contributed by atoms with Gasteiger partial charge in [0.15, 0.2) is 0 Å². The van der Waals surface area contributed by atoms with Crippen LogP contribution in [-0.4, -0.2) is 24.4 Å². The van der Waals surface area contributed by atoms with Crippen molar-refractivity contribution >= 4 is 33.4 Å². The second-order valence-electron chi connectivity index (χ2n) is 5.73. The highest BCUT2D eigenvalue weighted by atomic mass is 79.9. The first-order chi connectivity index (χ1) is 9.79. The first-order valence-corrected chi connectivity index (χ1v) is 7.65. The average Bonchev–Trinajstić information content (AvgIpc) is 2.37. The number of nitrogens with one attached hydrogen (secondary N) is 1. The van der Waals surface area contributed by atoms with Gasteiger partial charge in [0, 0.05) is 0 Å². The van der Waals surface area contributed by atoms with Gasteiger partial charge >= 0.3 is 0 Å². The van der Waals surface area contributed by atoms with Gasteiger partial charge in [-0.25, -0.2) is 4.39 Å². The number of hydrogen-bond donors (Lipinski definition) is 1. The molecular weight excluding hydrogens is 339 g/mol. The van der Waals surface area contributed by atoms with Crippen molar-refractivity contribution in [3.8, 4) is 0 Å². The number of nitrogens with zero attached hydrogens (tertiary/aromatic N) is 1. The summed E-state index contributed by atoms with van der Waals surface area (Å²) in [6.45, 7) is 5.69. The van der Waals surface area contributed by atoms with E-state index in [9.17, 15) is 14.0 Å². The molecule has 1 fully saturated rings. The third-order valence-corrected chi connectivity index (χ3v) is 4.05. The lowest BCUT2D eigenvalue weighted by Gasteiger charge is -2.34. The molecule has 0 aromatic heterocycles. The summed E-state index contributed by atoms with van der Waals surface area (Å²) >= 11 is 3.12. The van der Waals surface area contributed by atoms with Crippen LogP contribution in [-0.2, 0) is 9.59 Å². The second kappa shape index (κ2) is 6.13. The van der Waals surface area contributed by atoms with Crippen LogP contribution in [0.3, 0.4) is 0 Å². The summed E-state index contributed by atoms with van der Waals surface area (Å²) < 4.78 is 14.1. The van der Waals surface area contributed by atoms with Gasteiger partial charge in [-0.2, -0.15) is 0 Å². The van der Waals surface area contributed by atoms with E-state index < -0.39 is 11.9 Å². The molecular formula is C15H18BrFN2O2. The Balaban J connectivity index is 2.36. The fourth-order valence-electron chi connectivity index (χ4n) is 2.47. The molecule has 2 amide bonds. The topological polar surface area (TPSA) is 49.4 Å². The van der Waals surface area contributed by atoms with Crippen molar-refractivity contribution in [2.75, 3.05) is 11.4 Å². The first kappa shape index (κ1) is 15.9. The maximum Gasteiger partial charge on any atom is 0.250 e. The van der Waals surface area contributed by atoms with Crippen molar-refractivity contribution in [2.24, 2.45) is 5.92 Å². The summed E-state index contributed by atoms with van der Waals surface area (Å²) in [4.78, 5) is 25.7. The number of halogens is 2. The van der Waals surface area contributed by atoms with Gasteiger partial charge in [-0.1, -0.05) is 13.8 Å². The molecule has 1 N–H and O–H groups in total. The Morgan fingerprint density at radius 1 is 1.43 bits per heavy atom. The van der Waals surface area contributed by atoms with Crippen LogP contribution in [0.2, 0.25) is 0 Å². The molecule has 1 aromatic rings. The highest BCUT2D eigenvalue weighted by Gasteiger charge is 2.34. The van der Waals surface area contributed by atoms with Crippen LogP contribution in [0.1, 0.15) is 25.8 Å².